The number of para-hydroxylation sites is 1. The molecule has 0 bridgehead atoms. The zero-order chi connectivity index (χ0) is 29.5. The highest BCUT2D eigenvalue weighted by atomic mass is 16.5. The van der Waals surface area contributed by atoms with Crippen LogP contribution < -0.4 is 15.0 Å². The molecular formula is C33H33N5O5. The van der Waals surface area contributed by atoms with Gasteiger partial charge in [0.05, 0.1) is 12.1 Å². The molecule has 4 aliphatic heterocycles. The molecule has 0 spiro atoms. The molecular weight excluding hydrogens is 546 g/mol. The van der Waals surface area contributed by atoms with Crippen molar-refractivity contribution in [3.05, 3.63) is 88.6 Å². The summed E-state index contributed by atoms with van der Waals surface area (Å²) in [4.78, 5) is 60.5. The lowest BCUT2D eigenvalue weighted by atomic mass is 9.87. The smallest absolute Gasteiger partial charge is 0.263 e. The normalized spacial score (nSPS) is 21.3. The Morgan fingerprint density at radius 3 is 2.53 bits per heavy atom. The Balaban J connectivity index is 1.00. The number of fused-ring (bicyclic) bond motifs is 2. The fourth-order valence-corrected chi connectivity index (χ4v) is 6.78. The van der Waals surface area contributed by atoms with Crippen LogP contribution >= 0.6 is 0 Å². The van der Waals surface area contributed by atoms with E-state index in [0.717, 1.165) is 37.1 Å². The number of nitrogens with one attached hydrogen (secondary N) is 1. The van der Waals surface area contributed by atoms with Crippen LogP contribution in [0.4, 0.5) is 5.82 Å². The number of hydrogen-bond acceptors (Lipinski definition) is 7. The molecule has 1 aromatic heterocycles. The largest absolute Gasteiger partial charge is 0.491 e. The zero-order valence-corrected chi connectivity index (χ0v) is 23.8. The summed E-state index contributed by atoms with van der Waals surface area (Å²) >= 11 is 0. The molecule has 1 atom stereocenters. The lowest BCUT2D eigenvalue weighted by Gasteiger charge is -2.32. The van der Waals surface area contributed by atoms with Crippen LogP contribution in [0.15, 0.2) is 60.8 Å². The van der Waals surface area contributed by atoms with E-state index in [-0.39, 0.29) is 30.0 Å². The van der Waals surface area contributed by atoms with Gasteiger partial charge in [-0.15, -0.1) is 0 Å². The summed E-state index contributed by atoms with van der Waals surface area (Å²) in [5.41, 5.74) is 4.38. The van der Waals surface area contributed by atoms with Crippen LogP contribution in [0.3, 0.4) is 0 Å². The average Bonchev–Trinajstić information content (AvgIpc) is 3.24. The Bertz CT molecular complexity index is 1600. The highest BCUT2D eigenvalue weighted by Crippen LogP contribution is 2.35. The minimum absolute atomic E-state index is 0.0991. The van der Waals surface area contributed by atoms with Crippen molar-refractivity contribution in [3.63, 3.8) is 0 Å². The van der Waals surface area contributed by atoms with Crippen LogP contribution in [0, 0.1) is 0 Å². The number of amides is 4. The Morgan fingerprint density at radius 2 is 1.74 bits per heavy atom. The van der Waals surface area contributed by atoms with Gasteiger partial charge in [-0.25, -0.2) is 4.98 Å². The molecule has 0 radical (unpaired) electrons. The van der Waals surface area contributed by atoms with Crippen molar-refractivity contribution >= 4 is 29.4 Å². The molecule has 1 N–H and O–H groups in total. The predicted octanol–water partition coefficient (Wildman–Crippen LogP) is 3.26. The number of rotatable bonds is 5. The number of ether oxygens (including phenoxy) is 1. The molecule has 7 rings (SSSR count). The van der Waals surface area contributed by atoms with Crippen molar-refractivity contribution in [1.82, 2.24) is 20.1 Å². The van der Waals surface area contributed by atoms with E-state index in [4.69, 9.17) is 4.74 Å². The van der Waals surface area contributed by atoms with Gasteiger partial charge in [0.1, 0.15) is 24.2 Å². The first-order valence-corrected chi connectivity index (χ1v) is 14.9. The van der Waals surface area contributed by atoms with Gasteiger partial charge in [0.15, 0.2) is 0 Å². The Labute approximate surface area is 249 Å². The Kier molecular flexibility index (Phi) is 7.14. The molecule has 10 heteroatoms. The number of benzene rings is 2. The molecule has 0 saturated carbocycles. The maximum Gasteiger partial charge on any atom is 0.263 e. The minimum Gasteiger partial charge on any atom is -0.491 e. The van der Waals surface area contributed by atoms with E-state index in [0.29, 0.717) is 61.3 Å². The van der Waals surface area contributed by atoms with Gasteiger partial charge in [-0.2, -0.15) is 0 Å². The van der Waals surface area contributed by atoms with Gasteiger partial charge < -0.3 is 9.64 Å². The summed E-state index contributed by atoms with van der Waals surface area (Å²) < 4.78 is 6.16. The number of likely N-dealkylation sites (tertiary alicyclic amines) is 1. The molecule has 1 unspecified atom stereocenters. The van der Waals surface area contributed by atoms with E-state index in [2.05, 4.69) is 27.3 Å². The van der Waals surface area contributed by atoms with Crippen LogP contribution in [0.1, 0.15) is 69.0 Å². The number of anilines is 1. The maximum absolute atomic E-state index is 13.5. The van der Waals surface area contributed by atoms with Crippen LogP contribution in [0.5, 0.6) is 5.75 Å². The zero-order valence-electron chi connectivity index (χ0n) is 23.8. The summed E-state index contributed by atoms with van der Waals surface area (Å²) in [6.45, 7) is 3.74. The lowest BCUT2D eigenvalue weighted by Crippen LogP contribution is -2.52. The van der Waals surface area contributed by atoms with Crippen molar-refractivity contribution in [2.75, 3.05) is 31.1 Å². The van der Waals surface area contributed by atoms with Crippen molar-refractivity contribution in [2.24, 2.45) is 0 Å². The number of pyridine rings is 1. The van der Waals surface area contributed by atoms with Crippen LogP contribution in [0.25, 0.3) is 0 Å². The quantitative estimate of drug-likeness (QED) is 0.462. The molecule has 2 fully saturated rings. The highest BCUT2D eigenvalue weighted by molar-refractivity contribution is 6.08. The first kappa shape index (κ1) is 27.3. The van der Waals surface area contributed by atoms with Gasteiger partial charge in [0.2, 0.25) is 11.8 Å². The molecule has 4 amide bonds. The molecule has 43 heavy (non-hydrogen) atoms. The van der Waals surface area contributed by atoms with Crippen LogP contribution in [-0.2, 0) is 22.7 Å². The van der Waals surface area contributed by atoms with Gasteiger partial charge in [-0.1, -0.05) is 30.3 Å². The van der Waals surface area contributed by atoms with Gasteiger partial charge >= 0.3 is 0 Å². The van der Waals surface area contributed by atoms with E-state index >= 15 is 0 Å². The predicted molar refractivity (Wildman–Crippen MR) is 158 cm³/mol. The van der Waals surface area contributed by atoms with E-state index in [1.165, 1.54) is 5.56 Å². The Morgan fingerprint density at radius 1 is 0.884 bits per heavy atom. The Hall–Kier alpha value is -4.57. The monoisotopic (exact) mass is 579 g/mol. The van der Waals surface area contributed by atoms with Gasteiger partial charge in [0.25, 0.3) is 11.8 Å². The van der Waals surface area contributed by atoms with E-state index in [9.17, 15) is 19.2 Å². The number of aromatic nitrogens is 1. The SMILES string of the molecule is O=C1CCC(N2Cc3cc(C4CCN(Cc5cccc6c5OCCN(c5ccccn5)C6=O)CC4)ccc3C2=O)C(=O)N1. The summed E-state index contributed by atoms with van der Waals surface area (Å²) in [5, 5.41) is 2.36. The third kappa shape index (κ3) is 5.16. The maximum atomic E-state index is 13.5. The molecule has 10 nitrogen and oxygen atoms in total. The van der Waals surface area contributed by atoms with Gasteiger partial charge in [0, 0.05) is 36.8 Å². The summed E-state index contributed by atoms with van der Waals surface area (Å²) in [7, 11) is 0. The van der Waals surface area contributed by atoms with E-state index in [1.54, 1.807) is 16.0 Å². The third-order valence-corrected chi connectivity index (χ3v) is 9.06. The first-order valence-electron chi connectivity index (χ1n) is 14.9. The van der Waals surface area contributed by atoms with Gasteiger partial charge in [-0.3, -0.25) is 34.3 Å². The summed E-state index contributed by atoms with van der Waals surface area (Å²) in [5.74, 6) is 0.747. The second-order valence-electron chi connectivity index (χ2n) is 11.7. The van der Waals surface area contributed by atoms with Crippen molar-refractivity contribution in [1.29, 1.82) is 0 Å². The van der Waals surface area contributed by atoms with Crippen molar-refractivity contribution in [3.8, 4) is 5.75 Å². The third-order valence-electron chi connectivity index (χ3n) is 9.06. The summed E-state index contributed by atoms with van der Waals surface area (Å²) in [6.07, 6.45) is 4.26. The molecule has 5 heterocycles. The molecule has 2 saturated heterocycles. The number of piperidine rings is 2. The first-order chi connectivity index (χ1) is 21.0. The number of imide groups is 1. The average molecular weight is 580 g/mol. The van der Waals surface area contributed by atoms with Crippen LogP contribution in [0.2, 0.25) is 0 Å². The lowest BCUT2D eigenvalue weighted by molar-refractivity contribution is -0.136. The molecule has 4 aliphatic rings. The standard InChI is InChI=1S/C33H33N5O5/c39-29-10-9-27(31(40)35-29)38-20-24-18-22(7-8-25(24)32(38)41)21-11-14-36(15-12-21)19-23-4-3-5-26-30(23)43-17-16-37(33(26)42)28-6-1-2-13-34-28/h1-8,13,18,21,27H,9-12,14-17,19-20H2,(H,35,39,40). The van der Waals surface area contributed by atoms with Crippen molar-refractivity contribution < 1.29 is 23.9 Å². The van der Waals surface area contributed by atoms with E-state index in [1.807, 2.05) is 42.5 Å². The minimum atomic E-state index is -0.602. The summed E-state index contributed by atoms with van der Waals surface area (Å²) in [6, 6.07) is 16.8. The molecule has 0 aliphatic carbocycles. The molecule has 3 aromatic rings. The number of carbonyl (C=O) groups is 4. The van der Waals surface area contributed by atoms with Gasteiger partial charge in [-0.05, 0) is 73.7 Å². The molecule has 2 aromatic carbocycles. The number of nitrogens with zero attached hydrogens (tertiary/aromatic N) is 4. The van der Waals surface area contributed by atoms with Crippen molar-refractivity contribution in [2.45, 2.75) is 50.7 Å². The fraction of sp³-hybridized carbons (Fsp3) is 0.364. The second-order valence-corrected chi connectivity index (χ2v) is 11.7. The van der Waals surface area contributed by atoms with Crippen LogP contribution in [-0.4, -0.2) is 70.7 Å². The number of carbonyl (C=O) groups excluding carboxylic acids is 4. The highest BCUT2D eigenvalue weighted by Gasteiger charge is 2.39. The molecule has 220 valence electrons. The van der Waals surface area contributed by atoms with E-state index < -0.39 is 6.04 Å². The number of hydrogen-bond donors (Lipinski definition) is 1. The topological polar surface area (TPSA) is 112 Å². The second kappa shape index (κ2) is 11.3. The fourth-order valence-electron chi connectivity index (χ4n) is 6.78.